The topological polar surface area (TPSA) is 59.7 Å². The first kappa shape index (κ1) is 17.8. The van der Waals surface area contributed by atoms with Crippen LogP contribution in [0, 0.1) is 0 Å². The number of rotatable bonds is 4. The van der Waals surface area contributed by atoms with E-state index in [0.29, 0.717) is 29.8 Å². The van der Waals surface area contributed by atoms with E-state index >= 15 is 0 Å². The number of halogens is 1. The lowest BCUT2D eigenvalue weighted by Gasteiger charge is -2.32. The maximum atomic E-state index is 12.7. The van der Waals surface area contributed by atoms with Gasteiger partial charge in [0.15, 0.2) is 11.8 Å². The van der Waals surface area contributed by atoms with Gasteiger partial charge >= 0.3 is 0 Å². The van der Waals surface area contributed by atoms with E-state index in [2.05, 4.69) is 10.2 Å². The Morgan fingerprint density at radius 2 is 1.89 bits per heavy atom. The van der Waals surface area contributed by atoms with Crippen molar-refractivity contribution in [2.45, 2.75) is 31.8 Å². The molecule has 1 atom stereocenters. The number of aromatic nitrogens is 3. The molecule has 1 saturated heterocycles. The van der Waals surface area contributed by atoms with Gasteiger partial charge in [-0.3, -0.25) is 9.20 Å². The molecule has 7 heteroatoms. The van der Waals surface area contributed by atoms with E-state index in [1.165, 1.54) is 0 Å². The number of pyridine rings is 1. The molecule has 27 heavy (non-hydrogen) atoms. The van der Waals surface area contributed by atoms with Crippen LogP contribution in [0.25, 0.3) is 5.65 Å². The highest BCUT2D eigenvalue weighted by Gasteiger charge is 2.29. The maximum absolute atomic E-state index is 12.7. The predicted octanol–water partition coefficient (Wildman–Crippen LogP) is 3.56. The van der Waals surface area contributed by atoms with Gasteiger partial charge in [-0.25, -0.2) is 0 Å². The number of fused-ring (bicyclic) bond motifs is 1. The molecule has 0 radical (unpaired) electrons. The summed E-state index contributed by atoms with van der Waals surface area (Å²) in [6.45, 7) is 3.17. The maximum Gasteiger partial charge on any atom is 0.263 e. The number of carbonyl (C=O) groups is 1. The number of hydrogen-bond donors (Lipinski definition) is 0. The van der Waals surface area contributed by atoms with E-state index in [1.54, 1.807) is 31.2 Å². The zero-order chi connectivity index (χ0) is 18.8. The minimum absolute atomic E-state index is 0.00880. The summed E-state index contributed by atoms with van der Waals surface area (Å²) in [5.74, 6) is 1.93. The molecule has 0 bridgehead atoms. The number of likely N-dealkylation sites (tertiary alicyclic amines) is 1. The first-order valence-electron chi connectivity index (χ1n) is 9.12. The molecule has 1 aliphatic heterocycles. The van der Waals surface area contributed by atoms with Crippen molar-refractivity contribution < 1.29 is 9.53 Å². The van der Waals surface area contributed by atoms with Crippen LogP contribution in [0.15, 0.2) is 48.7 Å². The Hall–Kier alpha value is -2.60. The molecule has 0 N–H and O–H groups in total. The summed E-state index contributed by atoms with van der Waals surface area (Å²) in [5.41, 5.74) is 0.857. The number of nitrogens with zero attached hydrogens (tertiary/aromatic N) is 4. The number of hydrogen-bond acceptors (Lipinski definition) is 4. The normalized spacial score (nSPS) is 16.4. The highest BCUT2D eigenvalue weighted by atomic mass is 35.5. The van der Waals surface area contributed by atoms with Gasteiger partial charge in [0.05, 0.1) is 0 Å². The fraction of sp³-hybridized carbons (Fsp3) is 0.350. The predicted molar refractivity (Wildman–Crippen MR) is 103 cm³/mol. The summed E-state index contributed by atoms with van der Waals surface area (Å²) in [5, 5.41) is 9.24. The van der Waals surface area contributed by atoms with Crippen LogP contribution in [0.3, 0.4) is 0 Å². The molecule has 1 amide bonds. The zero-order valence-corrected chi connectivity index (χ0v) is 15.8. The van der Waals surface area contributed by atoms with Crippen molar-refractivity contribution in [1.29, 1.82) is 0 Å². The zero-order valence-electron chi connectivity index (χ0n) is 15.1. The Kier molecular flexibility index (Phi) is 4.99. The van der Waals surface area contributed by atoms with Gasteiger partial charge in [-0.1, -0.05) is 17.7 Å². The molecule has 0 saturated carbocycles. The molecule has 140 valence electrons. The molecule has 3 heterocycles. The average Bonchev–Trinajstić information content (AvgIpc) is 3.13. The molecule has 0 spiro atoms. The van der Waals surface area contributed by atoms with Crippen LogP contribution >= 0.6 is 11.6 Å². The third-order valence-electron chi connectivity index (χ3n) is 4.99. The highest BCUT2D eigenvalue weighted by molar-refractivity contribution is 6.30. The molecule has 1 aliphatic rings. The van der Waals surface area contributed by atoms with Gasteiger partial charge in [0, 0.05) is 30.2 Å². The summed E-state index contributed by atoms with van der Waals surface area (Å²) in [6, 6.07) is 12.9. The van der Waals surface area contributed by atoms with Gasteiger partial charge in [-0.2, -0.15) is 0 Å². The molecule has 4 rings (SSSR count). The molecule has 3 aromatic rings. The van der Waals surface area contributed by atoms with Crippen molar-refractivity contribution in [1.82, 2.24) is 19.5 Å². The van der Waals surface area contributed by atoms with Crippen molar-refractivity contribution in [3.05, 3.63) is 59.5 Å². The third kappa shape index (κ3) is 3.76. The van der Waals surface area contributed by atoms with E-state index in [1.807, 2.05) is 33.7 Å². The smallest absolute Gasteiger partial charge is 0.263 e. The molecular formula is C20H21ClN4O2. The van der Waals surface area contributed by atoms with E-state index in [9.17, 15) is 4.79 Å². The minimum atomic E-state index is -0.531. The van der Waals surface area contributed by atoms with E-state index in [-0.39, 0.29) is 5.91 Å². The van der Waals surface area contributed by atoms with Crippen LogP contribution in [0.4, 0.5) is 0 Å². The third-order valence-corrected chi connectivity index (χ3v) is 5.24. The fourth-order valence-corrected chi connectivity index (χ4v) is 3.65. The first-order valence-corrected chi connectivity index (χ1v) is 9.50. The second-order valence-electron chi connectivity index (χ2n) is 6.80. The Labute approximate surface area is 162 Å². The van der Waals surface area contributed by atoms with E-state index in [0.717, 1.165) is 24.3 Å². The van der Waals surface area contributed by atoms with Crippen LogP contribution in [0.5, 0.6) is 5.75 Å². The Balaban J connectivity index is 1.37. The molecular weight excluding hydrogens is 364 g/mol. The van der Waals surface area contributed by atoms with Crippen molar-refractivity contribution in [3.8, 4) is 5.75 Å². The second-order valence-corrected chi connectivity index (χ2v) is 7.24. The van der Waals surface area contributed by atoms with Crippen LogP contribution in [-0.4, -0.2) is 44.6 Å². The minimum Gasteiger partial charge on any atom is -0.481 e. The summed E-state index contributed by atoms with van der Waals surface area (Å²) in [7, 11) is 0. The molecule has 0 unspecified atom stereocenters. The van der Waals surface area contributed by atoms with Crippen LogP contribution in [0.2, 0.25) is 5.02 Å². The van der Waals surface area contributed by atoms with Crippen LogP contribution in [-0.2, 0) is 4.79 Å². The first-order chi connectivity index (χ1) is 13.1. The number of carbonyl (C=O) groups excluding carboxylic acids is 1. The van der Waals surface area contributed by atoms with Crippen molar-refractivity contribution in [3.63, 3.8) is 0 Å². The fourth-order valence-electron chi connectivity index (χ4n) is 3.52. The lowest BCUT2D eigenvalue weighted by Crippen LogP contribution is -2.44. The molecule has 0 aliphatic carbocycles. The Morgan fingerprint density at radius 3 is 2.63 bits per heavy atom. The van der Waals surface area contributed by atoms with Crippen molar-refractivity contribution >= 4 is 23.2 Å². The quantitative estimate of drug-likeness (QED) is 0.690. The van der Waals surface area contributed by atoms with Gasteiger partial charge in [0.1, 0.15) is 11.6 Å². The van der Waals surface area contributed by atoms with Gasteiger partial charge in [-0.15, -0.1) is 10.2 Å². The van der Waals surface area contributed by atoms with Crippen molar-refractivity contribution in [2.75, 3.05) is 13.1 Å². The highest BCUT2D eigenvalue weighted by Crippen LogP contribution is 2.27. The molecule has 1 fully saturated rings. The molecule has 6 nitrogen and oxygen atoms in total. The second kappa shape index (κ2) is 7.56. The van der Waals surface area contributed by atoms with E-state index < -0.39 is 6.10 Å². The number of piperidine rings is 1. The van der Waals surface area contributed by atoms with Gasteiger partial charge < -0.3 is 9.64 Å². The summed E-state index contributed by atoms with van der Waals surface area (Å²) >= 11 is 5.88. The lowest BCUT2D eigenvalue weighted by atomic mass is 9.95. The number of ether oxygens (including phenoxy) is 1. The standard InChI is InChI=1S/C20H21ClN4O2/c1-14(27-17-7-5-16(21)6-8-17)20(26)24-12-9-15(10-13-24)19-23-22-18-4-2-3-11-25(18)19/h2-8,11,14-15H,9-10,12-13H2,1H3/t14-/m1/s1. The monoisotopic (exact) mass is 384 g/mol. The molecule has 2 aromatic heterocycles. The Morgan fingerprint density at radius 1 is 1.15 bits per heavy atom. The van der Waals surface area contributed by atoms with Crippen LogP contribution < -0.4 is 4.74 Å². The van der Waals surface area contributed by atoms with E-state index in [4.69, 9.17) is 16.3 Å². The van der Waals surface area contributed by atoms with Crippen LogP contribution in [0.1, 0.15) is 31.5 Å². The van der Waals surface area contributed by atoms with Gasteiger partial charge in [0.25, 0.3) is 5.91 Å². The lowest BCUT2D eigenvalue weighted by molar-refractivity contribution is -0.139. The number of amides is 1. The van der Waals surface area contributed by atoms with Gasteiger partial charge in [-0.05, 0) is 56.2 Å². The molecule has 1 aromatic carbocycles. The van der Waals surface area contributed by atoms with Gasteiger partial charge in [0.2, 0.25) is 0 Å². The largest absolute Gasteiger partial charge is 0.481 e. The summed E-state index contributed by atoms with van der Waals surface area (Å²) in [4.78, 5) is 14.6. The SMILES string of the molecule is C[C@@H](Oc1ccc(Cl)cc1)C(=O)N1CCC(c2nnc3ccccn23)CC1. The van der Waals surface area contributed by atoms with Crippen molar-refractivity contribution in [2.24, 2.45) is 0 Å². The summed E-state index contributed by atoms with van der Waals surface area (Å²) in [6.07, 6.45) is 3.20. The Bertz CT molecular complexity index is 933. The number of benzene rings is 1. The average molecular weight is 385 g/mol. The summed E-state index contributed by atoms with van der Waals surface area (Å²) < 4.78 is 7.80.